The molecular weight excluding hydrogens is 284 g/mol. The van der Waals surface area contributed by atoms with Crippen molar-refractivity contribution in [2.45, 2.75) is 17.7 Å². The molecule has 2 aromatic rings. The Balaban J connectivity index is 2.13. The van der Waals surface area contributed by atoms with Gasteiger partial charge in [0.05, 0.1) is 18.1 Å². The van der Waals surface area contributed by atoms with E-state index in [9.17, 15) is 8.42 Å². The maximum absolute atomic E-state index is 12.1. The number of nitrogens with zero attached hydrogens (tertiary/aromatic N) is 2. The van der Waals surface area contributed by atoms with Gasteiger partial charge in [-0.25, -0.2) is 18.4 Å². The first-order chi connectivity index (χ1) is 9.12. The van der Waals surface area contributed by atoms with Gasteiger partial charge in [0.25, 0.3) is 10.0 Å². The quantitative estimate of drug-likeness (QED) is 0.843. The molecule has 102 valence electrons. The molecule has 0 atom stereocenters. The summed E-state index contributed by atoms with van der Waals surface area (Å²) in [6.45, 7) is 3.51. The predicted molar refractivity (Wildman–Crippen MR) is 74.5 cm³/mol. The van der Waals surface area contributed by atoms with E-state index >= 15 is 0 Å². The molecule has 0 bridgehead atoms. The van der Waals surface area contributed by atoms with Gasteiger partial charge in [-0.2, -0.15) is 0 Å². The van der Waals surface area contributed by atoms with Crippen LogP contribution in [0.1, 0.15) is 12.5 Å². The molecule has 2 aromatic heterocycles. The van der Waals surface area contributed by atoms with Gasteiger partial charge in [-0.3, -0.25) is 4.72 Å². The number of anilines is 1. The summed E-state index contributed by atoms with van der Waals surface area (Å²) < 4.78 is 26.9. The van der Waals surface area contributed by atoms with Crippen molar-refractivity contribution in [1.29, 1.82) is 0 Å². The van der Waals surface area contributed by atoms with Crippen LogP contribution in [0, 0.1) is 0 Å². The summed E-state index contributed by atoms with van der Waals surface area (Å²) in [6, 6.07) is 1.67. The van der Waals surface area contributed by atoms with Gasteiger partial charge in [0.2, 0.25) is 0 Å². The van der Waals surface area contributed by atoms with E-state index in [1.165, 1.54) is 30.1 Å². The summed E-state index contributed by atoms with van der Waals surface area (Å²) in [5.74, 6) is 0. The van der Waals surface area contributed by atoms with E-state index < -0.39 is 10.0 Å². The lowest BCUT2D eigenvalue weighted by Gasteiger charge is -2.04. The molecule has 0 aliphatic carbocycles. The van der Waals surface area contributed by atoms with Gasteiger partial charge in [-0.1, -0.05) is 6.92 Å². The molecular formula is C11H14N4O2S2. The average Bonchev–Trinajstić information content (AvgIpc) is 2.86. The van der Waals surface area contributed by atoms with E-state index in [0.29, 0.717) is 12.2 Å². The summed E-state index contributed by atoms with van der Waals surface area (Å²) in [4.78, 5) is 7.53. The van der Waals surface area contributed by atoms with Gasteiger partial charge in [0.15, 0.2) is 0 Å². The van der Waals surface area contributed by atoms with Crippen LogP contribution in [0.4, 0.5) is 5.69 Å². The Morgan fingerprint density at radius 2 is 2.05 bits per heavy atom. The van der Waals surface area contributed by atoms with Crippen molar-refractivity contribution in [3.05, 3.63) is 35.7 Å². The predicted octanol–water partition coefficient (Wildman–Crippen LogP) is 1.45. The smallest absolute Gasteiger partial charge is 0.271 e. The van der Waals surface area contributed by atoms with E-state index in [4.69, 9.17) is 0 Å². The van der Waals surface area contributed by atoms with E-state index in [2.05, 4.69) is 20.0 Å². The minimum absolute atomic E-state index is 0.282. The van der Waals surface area contributed by atoms with Crippen molar-refractivity contribution in [2.24, 2.45) is 0 Å². The summed E-state index contributed by atoms with van der Waals surface area (Å²) in [7, 11) is -3.56. The van der Waals surface area contributed by atoms with Crippen molar-refractivity contribution in [3.8, 4) is 0 Å². The molecule has 0 fully saturated rings. The lowest BCUT2D eigenvalue weighted by atomic mass is 10.3. The summed E-state index contributed by atoms with van der Waals surface area (Å²) in [6.07, 6.45) is 4.17. The number of thiophene rings is 1. The van der Waals surface area contributed by atoms with Crippen molar-refractivity contribution < 1.29 is 8.42 Å². The molecule has 0 radical (unpaired) electrons. The van der Waals surface area contributed by atoms with Crippen molar-refractivity contribution >= 4 is 27.0 Å². The molecule has 0 unspecified atom stereocenters. The number of aromatic nitrogens is 2. The van der Waals surface area contributed by atoms with Crippen LogP contribution < -0.4 is 10.0 Å². The lowest BCUT2D eigenvalue weighted by molar-refractivity contribution is 0.603. The van der Waals surface area contributed by atoms with Crippen LogP contribution in [0.15, 0.2) is 34.4 Å². The van der Waals surface area contributed by atoms with Crippen LogP contribution in [0.25, 0.3) is 0 Å². The second-order valence-corrected chi connectivity index (χ2v) is 6.61. The molecule has 2 N–H and O–H groups in total. The molecule has 6 nitrogen and oxygen atoms in total. The van der Waals surface area contributed by atoms with Gasteiger partial charge in [-0.05, 0) is 23.6 Å². The Morgan fingerprint density at radius 3 is 2.74 bits per heavy atom. The molecule has 2 rings (SSSR count). The highest BCUT2D eigenvalue weighted by Gasteiger charge is 2.17. The fraction of sp³-hybridized carbons (Fsp3) is 0.273. The number of hydrogen-bond donors (Lipinski definition) is 2. The zero-order valence-corrected chi connectivity index (χ0v) is 12.0. The molecule has 0 aliphatic heterocycles. The minimum Gasteiger partial charge on any atom is -0.313 e. The zero-order chi connectivity index (χ0) is 13.7. The maximum atomic E-state index is 12.1. The SMILES string of the molecule is CCNCc1csc(S(=O)(=O)Nc2cncnc2)c1. The Labute approximate surface area is 116 Å². The second kappa shape index (κ2) is 6.09. The fourth-order valence-corrected chi connectivity index (χ4v) is 3.65. The molecule has 0 amide bonds. The van der Waals surface area contributed by atoms with Gasteiger partial charge in [0.1, 0.15) is 10.5 Å². The molecule has 2 heterocycles. The van der Waals surface area contributed by atoms with Crippen molar-refractivity contribution in [2.75, 3.05) is 11.3 Å². The molecule has 0 saturated carbocycles. The number of hydrogen-bond acceptors (Lipinski definition) is 6. The maximum Gasteiger partial charge on any atom is 0.271 e. The molecule has 8 heteroatoms. The zero-order valence-electron chi connectivity index (χ0n) is 10.3. The van der Waals surface area contributed by atoms with Crippen LogP contribution >= 0.6 is 11.3 Å². The first kappa shape index (κ1) is 13.9. The first-order valence-corrected chi connectivity index (χ1v) is 8.04. The van der Waals surface area contributed by atoms with Gasteiger partial charge >= 0.3 is 0 Å². The number of nitrogens with one attached hydrogen (secondary N) is 2. The summed E-state index contributed by atoms with van der Waals surface area (Å²) >= 11 is 1.19. The molecule has 0 aliphatic rings. The number of rotatable bonds is 6. The van der Waals surface area contributed by atoms with Crippen LogP contribution in [0.3, 0.4) is 0 Å². The Kier molecular flexibility index (Phi) is 4.46. The third kappa shape index (κ3) is 3.72. The molecule has 0 saturated heterocycles. The van der Waals surface area contributed by atoms with Crippen molar-refractivity contribution in [1.82, 2.24) is 15.3 Å². The second-order valence-electron chi connectivity index (χ2n) is 3.79. The summed E-state index contributed by atoms with van der Waals surface area (Å²) in [5.41, 5.74) is 1.31. The van der Waals surface area contributed by atoms with E-state index in [1.807, 2.05) is 12.3 Å². The Bertz CT molecular complexity index is 625. The van der Waals surface area contributed by atoms with Gasteiger partial charge in [0, 0.05) is 6.54 Å². The average molecular weight is 298 g/mol. The third-order valence-corrected chi connectivity index (χ3v) is 5.16. The molecule has 19 heavy (non-hydrogen) atoms. The monoisotopic (exact) mass is 298 g/mol. The fourth-order valence-electron chi connectivity index (χ4n) is 1.41. The minimum atomic E-state index is -3.56. The normalized spacial score (nSPS) is 11.4. The lowest BCUT2D eigenvalue weighted by Crippen LogP contribution is -2.12. The molecule has 0 aromatic carbocycles. The van der Waals surface area contributed by atoms with Crippen molar-refractivity contribution in [3.63, 3.8) is 0 Å². The topological polar surface area (TPSA) is 84.0 Å². The Morgan fingerprint density at radius 1 is 1.32 bits per heavy atom. The number of sulfonamides is 1. The largest absolute Gasteiger partial charge is 0.313 e. The van der Waals surface area contributed by atoms with E-state index in [1.54, 1.807) is 6.07 Å². The van der Waals surface area contributed by atoms with Crippen LogP contribution in [-0.4, -0.2) is 24.9 Å². The summed E-state index contributed by atoms with van der Waals surface area (Å²) in [5, 5.41) is 4.98. The van der Waals surface area contributed by atoms with Crippen LogP contribution in [0.2, 0.25) is 0 Å². The van der Waals surface area contributed by atoms with Crippen LogP contribution in [0.5, 0.6) is 0 Å². The highest BCUT2D eigenvalue weighted by molar-refractivity contribution is 7.94. The highest BCUT2D eigenvalue weighted by Crippen LogP contribution is 2.22. The van der Waals surface area contributed by atoms with E-state index in [0.717, 1.165) is 12.1 Å². The van der Waals surface area contributed by atoms with Gasteiger partial charge < -0.3 is 5.32 Å². The standard InChI is InChI=1S/C11H14N4O2S2/c1-2-12-4-9-3-11(18-7-9)19(16,17)15-10-5-13-8-14-6-10/h3,5-8,12,15H,2,4H2,1H3. The molecule has 0 spiro atoms. The van der Waals surface area contributed by atoms with Crippen LogP contribution in [-0.2, 0) is 16.6 Å². The van der Waals surface area contributed by atoms with E-state index in [-0.39, 0.29) is 4.21 Å². The third-order valence-electron chi connectivity index (χ3n) is 2.29. The highest BCUT2D eigenvalue weighted by atomic mass is 32.2. The Hall–Kier alpha value is -1.51. The first-order valence-electron chi connectivity index (χ1n) is 5.68. The van der Waals surface area contributed by atoms with Gasteiger partial charge in [-0.15, -0.1) is 11.3 Å².